The number of carboxylic acid groups (broad SMARTS) is 2. The van der Waals surface area contributed by atoms with Crippen molar-refractivity contribution in [3.63, 3.8) is 0 Å². The summed E-state index contributed by atoms with van der Waals surface area (Å²) in [5.74, 6) is -8.39. The maximum Gasteiger partial charge on any atom is 0.326 e. The minimum Gasteiger partial charge on any atom is -0.481 e. The molecule has 1 rings (SSSR count). The lowest BCUT2D eigenvalue weighted by atomic mass is 9.74. The minimum atomic E-state index is -4.89. The second kappa shape index (κ2) is 18.1. The highest BCUT2D eigenvalue weighted by Gasteiger charge is 2.41. The molecule has 19 heteroatoms. The van der Waals surface area contributed by atoms with E-state index < -0.39 is 93.2 Å². The Bertz CT molecular complexity index is 1490. The van der Waals surface area contributed by atoms with Gasteiger partial charge in [-0.3, -0.25) is 33.3 Å². The van der Waals surface area contributed by atoms with Crippen LogP contribution in [0.1, 0.15) is 76.6 Å². The molecule has 3 unspecified atom stereocenters. The summed E-state index contributed by atoms with van der Waals surface area (Å²) in [6.45, 7) is 5.69. The van der Waals surface area contributed by atoms with Crippen LogP contribution in [0.3, 0.4) is 0 Å². The molecule has 1 aromatic rings. The molecule has 18 nitrogen and oxygen atoms in total. The SMILES string of the molecule is CC(C)(CC(C)(C)C(=O)NC(CS(=O)(=O)O)C(=O)NC(CCC(=O)NC(CCCCNC(=O)c1ccc(N)cc1)C(N)=O)C(=O)O)C(=O)O. The van der Waals surface area contributed by atoms with Gasteiger partial charge in [-0.15, -0.1) is 0 Å². The molecular weight excluding hydrogens is 668 g/mol. The Morgan fingerprint density at radius 1 is 0.816 bits per heavy atom. The van der Waals surface area contributed by atoms with Gasteiger partial charge in [-0.1, -0.05) is 13.8 Å². The van der Waals surface area contributed by atoms with Gasteiger partial charge in [0.15, 0.2) is 0 Å². The zero-order valence-corrected chi connectivity index (χ0v) is 28.6. The van der Waals surface area contributed by atoms with Crippen molar-refractivity contribution in [2.24, 2.45) is 16.6 Å². The molecule has 0 aliphatic rings. The predicted octanol–water partition coefficient (Wildman–Crippen LogP) is -0.612. The Morgan fingerprint density at radius 3 is 1.92 bits per heavy atom. The van der Waals surface area contributed by atoms with Gasteiger partial charge in [0.05, 0.1) is 5.41 Å². The summed E-state index contributed by atoms with van der Waals surface area (Å²) in [6, 6.07) is 1.41. The topological polar surface area (TPSA) is 314 Å². The van der Waals surface area contributed by atoms with E-state index in [0.717, 1.165) is 0 Å². The lowest BCUT2D eigenvalue weighted by Gasteiger charge is -2.32. The molecular formula is C30H46N6O12S. The molecule has 11 N–H and O–H groups in total. The molecule has 0 aromatic heterocycles. The molecule has 5 amide bonds. The number of hydrogen-bond donors (Lipinski definition) is 9. The standard InChI is InChI=1S/C30H46N6O12S/c1-29(2,16-30(3,4)28(44)45)27(43)36-21(15-49(46,47)48)25(40)35-20(26(41)42)12-13-22(37)34-19(23(32)38)7-5-6-14-33-24(39)17-8-10-18(31)11-9-17/h8-11,19-21H,5-7,12-16,31H2,1-4H3,(H2,32,38)(H,33,39)(H,34,37)(H,35,40)(H,36,43)(H,41,42)(H,44,45)(H,46,47,48). The fourth-order valence-corrected chi connectivity index (χ4v) is 5.43. The largest absolute Gasteiger partial charge is 0.481 e. The highest BCUT2D eigenvalue weighted by molar-refractivity contribution is 7.85. The minimum absolute atomic E-state index is 0.106. The Kier molecular flexibility index (Phi) is 15.6. The second-order valence-electron chi connectivity index (χ2n) is 12.9. The van der Waals surface area contributed by atoms with Crippen molar-refractivity contribution in [2.45, 2.75) is 84.3 Å². The zero-order valence-electron chi connectivity index (χ0n) is 27.8. The quantitative estimate of drug-likeness (QED) is 0.0436. The second-order valence-corrected chi connectivity index (χ2v) is 14.4. The first-order chi connectivity index (χ1) is 22.4. The van der Waals surface area contributed by atoms with E-state index in [0.29, 0.717) is 24.1 Å². The smallest absolute Gasteiger partial charge is 0.326 e. The van der Waals surface area contributed by atoms with Gasteiger partial charge < -0.3 is 42.9 Å². The Balaban J connectivity index is 2.78. The molecule has 0 spiro atoms. The lowest BCUT2D eigenvalue weighted by Crippen LogP contribution is -2.56. The van der Waals surface area contributed by atoms with Gasteiger partial charge in [-0.2, -0.15) is 8.42 Å². The number of hydrogen-bond acceptors (Lipinski definition) is 10. The van der Waals surface area contributed by atoms with E-state index in [2.05, 4.69) is 16.0 Å². The number of nitrogens with two attached hydrogens (primary N) is 2. The summed E-state index contributed by atoms with van der Waals surface area (Å²) in [7, 11) is -4.89. The van der Waals surface area contributed by atoms with Crippen LogP contribution < -0.4 is 32.7 Å². The normalized spacial score (nSPS) is 13.7. The number of carboxylic acids is 2. The van der Waals surface area contributed by atoms with Gasteiger partial charge in [0.25, 0.3) is 16.0 Å². The Morgan fingerprint density at radius 2 is 1.41 bits per heavy atom. The van der Waals surface area contributed by atoms with Crippen LogP contribution in [0.15, 0.2) is 24.3 Å². The third kappa shape index (κ3) is 15.3. The average Bonchev–Trinajstić information content (AvgIpc) is 2.96. The van der Waals surface area contributed by atoms with Gasteiger partial charge in [0.2, 0.25) is 23.6 Å². The molecule has 274 valence electrons. The van der Waals surface area contributed by atoms with Crippen LogP contribution in [-0.4, -0.2) is 95.1 Å². The number of carbonyl (C=O) groups is 7. The number of nitrogen functional groups attached to an aromatic ring is 1. The van der Waals surface area contributed by atoms with Crippen molar-refractivity contribution in [3.05, 3.63) is 29.8 Å². The van der Waals surface area contributed by atoms with Gasteiger partial charge in [0, 0.05) is 29.6 Å². The van der Waals surface area contributed by atoms with E-state index in [9.17, 15) is 56.7 Å². The van der Waals surface area contributed by atoms with E-state index in [-0.39, 0.29) is 25.3 Å². The van der Waals surface area contributed by atoms with E-state index in [4.69, 9.17) is 11.5 Å². The number of nitrogens with one attached hydrogen (secondary N) is 4. The maximum atomic E-state index is 13.0. The number of aliphatic carboxylic acids is 2. The number of primary amides is 1. The Hall–Kier alpha value is -4.78. The van der Waals surface area contributed by atoms with Gasteiger partial charge in [0.1, 0.15) is 23.9 Å². The summed E-state index contributed by atoms with van der Waals surface area (Å²) in [6.07, 6.45) is -0.374. The number of benzene rings is 1. The van der Waals surface area contributed by atoms with Crippen molar-refractivity contribution >= 4 is 57.3 Å². The van der Waals surface area contributed by atoms with E-state index in [1.54, 1.807) is 24.3 Å². The number of carbonyl (C=O) groups excluding carboxylic acids is 5. The molecule has 49 heavy (non-hydrogen) atoms. The number of anilines is 1. The fourth-order valence-electron chi connectivity index (χ4n) is 4.78. The van der Waals surface area contributed by atoms with Crippen LogP contribution in [0.4, 0.5) is 5.69 Å². The van der Waals surface area contributed by atoms with Gasteiger partial charge in [-0.05, 0) is 70.2 Å². The van der Waals surface area contributed by atoms with Crippen LogP contribution in [0, 0.1) is 10.8 Å². The summed E-state index contributed by atoms with van der Waals surface area (Å²) in [5.41, 5.74) is 9.07. The first-order valence-electron chi connectivity index (χ1n) is 15.2. The van der Waals surface area contributed by atoms with Crippen molar-refractivity contribution in [1.82, 2.24) is 21.3 Å². The third-order valence-electron chi connectivity index (χ3n) is 7.41. The van der Waals surface area contributed by atoms with Gasteiger partial charge >= 0.3 is 11.9 Å². The summed E-state index contributed by atoms with van der Waals surface area (Å²) < 4.78 is 32.6. The molecule has 0 saturated heterocycles. The molecule has 1 aromatic carbocycles. The Labute approximate surface area is 283 Å². The number of unbranched alkanes of at least 4 members (excludes halogenated alkanes) is 1. The summed E-state index contributed by atoms with van der Waals surface area (Å²) in [5, 5.41) is 28.3. The summed E-state index contributed by atoms with van der Waals surface area (Å²) >= 11 is 0. The maximum absolute atomic E-state index is 13.0. The highest BCUT2D eigenvalue weighted by Crippen LogP contribution is 2.34. The molecule has 0 saturated carbocycles. The van der Waals surface area contributed by atoms with Crippen LogP contribution in [0.2, 0.25) is 0 Å². The van der Waals surface area contributed by atoms with Crippen LogP contribution in [0.5, 0.6) is 0 Å². The van der Waals surface area contributed by atoms with Crippen molar-refractivity contribution < 1.29 is 56.7 Å². The summed E-state index contributed by atoms with van der Waals surface area (Å²) in [4.78, 5) is 86.0. The van der Waals surface area contributed by atoms with Crippen molar-refractivity contribution in [1.29, 1.82) is 0 Å². The predicted molar refractivity (Wildman–Crippen MR) is 175 cm³/mol. The molecule has 0 heterocycles. The molecule has 0 aliphatic heterocycles. The number of rotatable bonds is 21. The van der Waals surface area contributed by atoms with Crippen molar-refractivity contribution in [2.75, 3.05) is 18.0 Å². The van der Waals surface area contributed by atoms with Crippen LogP contribution in [0.25, 0.3) is 0 Å². The lowest BCUT2D eigenvalue weighted by molar-refractivity contribution is -0.150. The van der Waals surface area contributed by atoms with E-state index in [1.807, 2.05) is 5.32 Å². The van der Waals surface area contributed by atoms with Crippen LogP contribution >= 0.6 is 0 Å². The van der Waals surface area contributed by atoms with Gasteiger partial charge in [-0.25, -0.2) is 4.79 Å². The van der Waals surface area contributed by atoms with Crippen molar-refractivity contribution in [3.8, 4) is 0 Å². The molecule has 0 bridgehead atoms. The molecule has 0 fully saturated rings. The zero-order chi connectivity index (χ0) is 37.7. The first-order valence-corrected chi connectivity index (χ1v) is 16.8. The van der Waals surface area contributed by atoms with E-state index >= 15 is 0 Å². The average molecular weight is 715 g/mol. The fraction of sp³-hybridized carbons (Fsp3) is 0.567. The molecule has 0 radical (unpaired) electrons. The molecule has 0 aliphatic carbocycles. The first kappa shape index (κ1) is 42.2. The van der Waals surface area contributed by atoms with Crippen LogP contribution in [-0.2, 0) is 38.9 Å². The van der Waals surface area contributed by atoms with E-state index in [1.165, 1.54) is 27.7 Å². The monoisotopic (exact) mass is 714 g/mol. The third-order valence-corrected chi connectivity index (χ3v) is 8.16. The number of amides is 5. The highest BCUT2D eigenvalue weighted by atomic mass is 32.2. The molecule has 3 atom stereocenters.